The lowest BCUT2D eigenvalue weighted by atomic mass is 9.89. The number of benzene rings is 1. The van der Waals surface area contributed by atoms with E-state index in [1.54, 1.807) is 6.92 Å². The molecular formula is C14H18O3. The minimum absolute atomic E-state index is 0.106. The van der Waals surface area contributed by atoms with Gasteiger partial charge in [0.1, 0.15) is 6.10 Å². The molecule has 0 aliphatic carbocycles. The number of hydrogen-bond donors (Lipinski definition) is 1. The number of ether oxygens (including phenoxy) is 1. The van der Waals surface area contributed by atoms with Crippen molar-refractivity contribution in [1.82, 2.24) is 0 Å². The lowest BCUT2D eigenvalue weighted by Crippen LogP contribution is -2.41. The maximum Gasteiger partial charge on any atom is 0.308 e. The molecule has 3 heteroatoms. The van der Waals surface area contributed by atoms with Gasteiger partial charge >= 0.3 is 5.97 Å². The van der Waals surface area contributed by atoms with Crippen LogP contribution in [0, 0.1) is 0 Å². The lowest BCUT2D eigenvalue weighted by molar-refractivity contribution is -0.168. The molecular weight excluding hydrogens is 216 g/mol. The first kappa shape index (κ1) is 12.1. The Balaban J connectivity index is 1.89. The fourth-order valence-corrected chi connectivity index (χ4v) is 2.28. The van der Waals surface area contributed by atoms with E-state index in [1.807, 2.05) is 18.2 Å². The molecule has 17 heavy (non-hydrogen) atoms. The molecule has 0 bridgehead atoms. The van der Waals surface area contributed by atoms with Crippen LogP contribution in [-0.2, 0) is 16.0 Å². The van der Waals surface area contributed by atoms with E-state index < -0.39 is 5.60 Å². The van der Waals surface area contributed by atoms with Crippen molar-refractivity contribution >= 4 is 5.97 Å². The number of carbonyl (C=O) groups is 1. The molecule has 1 saturated heterocycles. The minimum atomic E-state index is -0.906. The first-order valence-electron chi connectivity index (χ1n) is 6.01. The number of aliphatic hydroxyl groups is 1. The molecule has 0 radical (unpaired) electrons. The Bertz CT molecular complexity index is 384. The average Bonchev–Trinajstić information content (AvgIpc) is 2.25. The van der Waals surface area contributed by atoms with Crippen LogP contribution in [0.3, 0.4) is 0 Å². The second-order valence-corrected chi connectivity index (χ2v) is 5.01. The normalized spacial score (nSPS) is 28.8. The first-order valence-corrected chi connectivity index (χ1v) is 6.01. The van der Waals surface area contributed by atoms with E-state index in [0.29, 0.717) is 6.42 Å². The molecule has 0 amide bonds. The number of cyclic esters (lactones) is 1. The Morgan fingerprint density at radius 1 is 1.41 bits per heavy atom. The van der Waals surface area contributed by atoms with Gasteiger partial charge in [-0.05, 0) is 25.3 Å². The molecule has 0 spiro atoms. The highest BCUT2D eigenvalue weighted by molar-refractivity contribution is 5.71. The van der Waals surface area contributed by atoms with Crippen LogP contribution in [0.1, 0.15) is 31.7 Å². The van der Waals surface area contributed by atoms with Gasteiger partial charge in [-0.2, -0.15) is 0 Å². The van der Waals surface area contributed by atoms with E-state index in [4.69, 9.17) is 4.74 Å². The molecule has 1 fully saturated rings. The van der Waals surface area contributed by atoms with Crippen molar-refractivity contribution < 1.29 is 14.6 Å². The summed E-state index contributed by atoms with van der Waals surface area (Å²) in [7, 11) is 0. The van der Waals surface area contributed by atoms with Crippen molar-refractivity contribution in [2.45, 2.75) is 44.3 Å². The van der Waals surface area contributed by atoms with Crippen molar-refractivity contribution in [3.05, 3.63) is 35.9 Å². The Kier molecular flexibility index (Phi) is 3.48. The summed E-state index contributed by atoms with van der Waals surface area (Å²) in [6.07, 6.45) is 2.12. The van der Waals surface area contributed by atoms with E-state index >= 15 is 0 Å². The van der Waals surface area contributed by atoms with E-state index in [-0.39, 0.29) is 18.5 Å². The molecule has 2 atom stereocenters. The minimum Gasteiger partial charge on any atom is -0.462 e. The number of carbonyl (C=O) groups excluding carboxylic acids is 1. The van der Waals surface area contributed by atoms with Gasteiger partial charge in [-0.1, -0.05) is 30.3 Å². The average molecular weight is 234 g/mol. The molecule has 1 aliphatic heterocycles. The molecule has 1 aromatic carbocycles. The predicted molar refractivity (Wildman–Crippen MR) is 64.5 cm³/mol. The maximum absolute atomic E-state index is 11.3. The number of esters is 1. The highest BCUT2D eigenvalue weighted by atomic mass is 16.5. The summed E-state index contributed by atoms with van der Waals surface area (Å²) in [5.41, 5.74) is 0.324. The van der Waals surface area contributed by atoms with Gasteiger partial charge in [-0.3, -0.25) is 4.79 Å². The summed E-state index contributed by atoms with van der Waals surface area (Å²) in [4.78, 5) is 11.3. The van der Waals surface area contributed by atoms with Gasteiger partial charge in [0.25, 0.3) is 0 Å². The molecule has 0 aromatic heterocycles. The van der Waals surface area contributed by atoms with Crippen molar-refractivity contribution in [1.29, 1.82) is 0 Å². The maximum atomic E-state index is 11.3. The van der Waals surface area contributed by atoms with Gasteiger partial charge in [0, 0.05) is 6.42 Å². The number of hydrogen-bond acceptors (Lipinski definition) is 3. The number of rotatable bonds is 3. The highest BCUT2D eigenvalue weighted by Gasteiger charge is 2.35. The van der Waals surface area contributed by atoms with Crippen molar-refractivity contribution in [2.24, 2.45) is 0 Å². The topological polar surface area (TPSA) is 46.5 Å². The first-order chi connectivity index (χ1) is 8.05. The Morgan fingerprint density at radius 3 is 2.76 bits per heavy atom. The Hall–Kier alpha value is -1.35. The third kappa shape index (κ3) is 3.56. The summed E-state index contributed by atoms with van der Waals surface area (Å²) in [5.74, 6) is -0.292. The van der Waals surface area contributed by atoms with E-state index in [9.17, 15) is 9.90 Å². The molecule has 1 N–H and O–H groups in total. The summed E-state index contributed by atoms with van der Waals surface area (Å²) in [5, 5.41) is 9.91. The van der Waals surface area contributed by atoms with Gasteiger partial charge in [0.05, 0.1) is 12.0 Å². The Morgan fingerprint density at radius 2 is 2.12 bits per heavy atom. The zero-order chi connectivity index (χ0) is 12.3. The van der Waals surface area contributed by atoms with Gasteiger partial charge in [-0.15, -0.1) is 0 Å². The van der Waals surface area contributed by atoms with E-state index in [0.717, 1.165) is 12.8 Å². The largest absolute Gasteiger partial charge is 0.462 e. The second-order valence-electron chi connectivity index (χ2n) is 5.01. The summed E-state index contributed by atoms with van der Waals surface area (Å²) in [6.45, 7) is 1.70. The summed E-state index contributed by atoms with van der Waals surface area (Å²) < 4.78 is 5.24. The summed E-state index contributed by atoms with van der Waals surface area (Å²) in [6, 6.07) is 10.1. The quantitative estimate of drug-likeness (QED) is 0.814. The van der Waals surface area contributed by atoms with Crippen molar-refractivity contribution in [2.75, 3.05) is 0 Å². The molecule has 0 saturated carbocycles. The zero-order valence-corrected chi connectivity index (χ0v) is 10.1. The van der Waals surface area contributed by atoms with Crippen LogP contribution >= 0.6 is 0 Å². The number of aryl methyl sites for hydroxylation is 1. The smallest absolute Gasteiger partial charge is 0.308 e. The van der Waals surface area contributed by atoms with Gasteiger partial charge in [-0.25, -0.2) is 0 Å². The van der Waals surface area contributed by atoms with E-state index in [1.165, 1.54) is 5.56 Å². The molecule has 1 heterocycles. The molecule has 2 rings (SSSR count). The van der Waals surface area contributed by atoms with Crippen LogP contribution < -0.4 is 0 Å². The van der Waals surface area contributed by atoms with Gasteiger partial charge < -0.3 is 9.84 Å². The molecule has 2 unspecified atom stereocenters. The van der Waals surface area contributed by atoms with Gasteiger partial charge in [0.15, 0.2) is 0 Å². The van der Waals surface area contributed by atoms with E-state index in [2.05, 4.69) is 12.1 Å². The molecule has 3 nitrogen and oxygen atoms in total. The highest BCUT2D eigenvalue weighted by Crippen LogP contribution is 2.27. The fourth-order valence-electron chi connectivity index (χ4n) is 2.28. The van der Waals surface area contributed by atoms with Crippen LogP contribution in [0.4, 0.5) is 0 Å². The Labute approximate surface area is 101 Å². The SMILES string of the molecule is CC1(O)CC(=O)OC(CCc2ccccc2)C1. The summed E-state index contributed by atoms with van der Waals surface area (Å²) >= 11 is 0. The molecule has 1 aliphatic rings. The monoisotopic (exact) mass is 234 g/mol. The third-order valence-electron chi connectivity index (χ3n) is 3.09. The van der Waals surface area contributed by atoms with Crippen LogP contribution in [0.15, 0.2) is 30.3 Å². The molecule has 1 aromatic rings. The standard InChI is InChI=1S/C14H18O3/c1-14(16)9-12(17-13(15)10-14)8-7-11-5-3-2-4-6-11/h2-6,12,16H,7-10H2,1H3. The van der Waals surface area contributed by atoms with Crippen molar-refractivity contribution in [3.63, 3.8) is 0 Å². The third-order valence-corrected chi connectivity index (χ3v) is 3.09. The van der Waals surface area contributed by atoms with Crippen LogP contribution in [0.2, 0.25) is 0 Å². The fraction of sp³-hybridized carbons (Fsp3) is 0.500. The van der Waals surface area contributed by atoms with Crippen LogP contribution in [-0.4, -0.2) is 22.8 Å². The van der Waals surface area contributed by atoms with Crippen LogP contribution in [0.25, 0.3) is 0 Å². The van der Waals surface area contributed by atoms with Crippen LogP contribution in [0.5, 0.6) is 0 Å². The van der Waals surface area contributed by atoms with Gasteiger partial charge in [0.2, 0.25) is 0 Å². The predicted octanol–water partition coefficient (Wildman–Crippen LogP) is 2.08. The lowest BCUT2D eigenvalue weighted by Gasteiger charge is -2.33. The van der Waals surface area contributed by atoms with Crippen molar-refractivity contribution in [3.8, 4) is 0 Å². The zero-order valence-electron chi connectivity index (χ0n) is 10.1. The second kappa shape index (κ2) is 4.88. The molecule has 92 valence electrons.